The van der Waals surface area contributed by atoms with Crippen LogP contribution in [0.5, 0.6) is 11.5 Å². The minimum Gasteiger partial charge on any atom is -0.497 e. The molecular formula is C22H14F9NO2. The first-order valence-corrected chi connectivity index (χ1v) is 9.25. The molecule has 0 N–H and O–H groups in total. The van der Waals surface area contributed by atoms with Crippen molar-refractivity contribution in [2.24, 2.45) is 0 Å². The fourth-order valence-electron chi connectivity index (χ4n) is 3.31. The van der Waals surface area contributed by atoms with Gasteiger partial charge >= 0.3 is 18.5 Å². The monoisotopic (exact) mass is 495 g/mol. The van der Waals surface area contributed by atoms with E-state index >= 15 is 0 Å². The van der Waals surface area contributed by atoms with Gasteiger partial charge in [-0.1, -0.05) is 0 Å². The Morgan fingerprint density at radius 2 is 1.15 bits per heavy atom. The summed E-state index contributed by atoms with van der Waals surface area (Å²) in [5, 5.41) is 0. The van der Waals surface area contributed by atoms with Gasteiger partial charge < -0.3 is 9.47 Å². The Balaban J connectivity index is 2.52. The van der Waals surface area contributed by atoms with Crippen molar-refractivity contribution in [2.75, 3.05) is 14.2 Å². The van der Waals surface area contributed by atoms with Gasteiger partial charge in [-0.25, -0.2) is 0 Å². The zero-order chi connectivity index (χ0) is 25.5. The summed E-state index contributed by atoms with van der Waals surface area (Å²) in [5.41, 5.74) is -8.73. The van der Waals surface area contributed by atoms with E-state index in [0.717, 1.165) is 19.2 Å². The summed E-state index contributed by atoms with van der Waals surface area (Å²) in [6.07, 6.45) is -15.4. The molecule has 2 aromatic carbocycles. The van der Waals surface area contributed by atoms with E-state index in [1.807, 2.05) is 0 Å². The van der Waals surface area contributed by atoms with Crippen LogP contribution in [0.2, 0.25) is 0 Å². The third kappa shape index (κ3) is 5.05. The highest BCUT2D eigenvalue weighted by Crippen LogP contribution is 2.50. The third-order valence-corrected chi connectivity index (χ3v) is 4.82. The summed E-state index contributed by atoms with van der Waals surface area (Å²) >= 11 is 0. The Morgan fingerprint density at radius 1 is 0.618 bits per heavy atom. The molecule has 1 heterocycles. The maximum absolute atomic E-state index is 13.9. The highest BCUT2D eigenvalue weighted by molar-refractivity contribution is 5.87. The number of aromatic nitrogens is 1. The summed E-state index contributed by atoms with van der Waals surface area (Å²) in [6, 6.07) is 5.28. The van der Waals surface area contributed by atoms with E-state index in [4.69, 9.17) is 9.47 Å². The van der Waals surface area contributed by atoms with Crippen molar-refractivity contribution in [1.82, 2.24) is 4.98 Å². The molecule has 0 aliphatic carbocycles. The number of halogens is 9. The van der Waals surface area contributed by atoms with Crippen molar-refractivity contribution in [2.45, 2.75) is 18.5 Å². The topological polar surface area (TPSA) is 31.4 Å². The lowest BCUT2D eigenvalue weighted by molar-refractivity contribution is -0.147. The van der Waals surface area contributed by atoms with Gasteiger partial charge in [-0.15, -0.1) is 0 Å². The number of methoxy groups -OCH3 is 2. The van der Waals surface area contributed by atoms with Crippen LogP contribution >= 0.6 is 0 Å². The van der Waals surface area contributed by atoms with Gasteiger partial charge in [-0.05, 0) is 42.0 Å². The first-order valence-electron chi connectivity index (χ1n) is 9.25. The van der Waals surface area contributed by atoms with Gasteiger partial charge in [0.1, 0.15) is 11.5 Å². The molecule has 0 unspecified atom stereocenters. The van der Waals surface area contributed by atoms with Gasteiger partial charge in [0.25, 0.3) is 0 Å². The summed E-state index contributed by atoms with van der Waals surface area (Å²) in [4.78, 5) is 3.98. The number of nitrogens with zero attached hydrogens (tertiary/aromatic N) is 1. The second-order valence-electron chi connectivity index (χ2n) is 6.93. The van der Waals surface area contributed by atoms with E-state index in [2.05, 4.69) is 4.98 Å². The Hall–Kier alpha value is -3.44. The number of alkyl halides is 9. The average molecular weight is 495 g/mol. The van der Waals surface area contributed by atoms with Gasteiger partial charge in [0.2, 0.25) is 0 Å². The van der Waals surface area contributed by atoms with E-state index < -0.39 is 46.3 Å². The van der Waals surface area contributed by atoms with Crippen LogP contribution in [-0.4, -0.2) is 19.2 Å². The zero-order valence-corrected chi connectivity index (χ0v) is 17.3. The molecule has 0 spiro atoms. The highest BCUT2D eigenvalue weighted by atomic mass is 19.4. The number of hydrogen-bond acceptors (Lipinski definition) is 3. The predicted octanol–water partition coefficient (Wildman–Crippen LogP) is 7.49. The molecule has 3 rings (SSSR count). The summed E-state index contributed by atoms with van der Waals surface area (Å²) < 4.78 is 133. The molecular weight excluding hydrogens is 481 g/mol. The van der Waals surface area contributed by atoms with Crippen LogP contribution < -0.4 is 9.47 Å². The lowest BCUT2D eigenvalue weighted by Crippen LogP contribution is -2.18. The number of hydrogen-bond donors (Lipinski definition) is 0. The first kappa shape index (κ1) is 25.2. The molecule has 0 radical (unpaired) electrons. The van der Waals surface area contributed by atoms with Crippen LogP contribution in [0.3, 0.4) is 0 Å². The number of ether oxygens (including phenoxy) is 2. The lowest BCUT2D eigenvalue weighted by Gasteiger charge is -2.23. The smallest absolute Gasteiger partial charge is 0.417 e. The van der Waals surface area contributed by atoms with Crippen molar-refractivity contribution >= 4 is 0 Å². The second kappa shape index (κ2) is 8.73. The Bertz CT molecular complexity index is 1160. The van der Waals surface area contributed by atoms with Crippen molar-refractivity contribution in [1.29, 1.82) is 0 Å². The molecule has 12 heteroatoms. The predicted molar refractivity (Wildman–Crippen MR) is 103 cm³/mol. The average Bonchev–Trinajstić information content (AvgIpc) is 2.76. The zero-order valence-electron chi connectivity index (χ0n) is 17.3. The Morgan fingerprint density at radius 3 is 1.62 bits per heavy atom. The van der Waals surface area contributed by atoms with Crippen LogP contribution in [0, 0.1) is 0 Å². The van der Waals surface area contributed by atoms with Gasteiger partial charge in [-0.3, -0.25) is 4.98 Å². The number of benzene rings is 2. The summed E-state index contributed by atoms with van der Waals surface area (Å²) in [6.45, 7) is 0. The maximum atomic E-state index is 13.9. The molecule has 1 aromatic heterocycles. The van der Waals surface area contributed by atoms with Crippen LogP contribution in [-0.2, 0) is 18.5 Å². The Kier molecular flexibility index (Phi) is 6.47. The highest BCUT2D eigenvalue weighted by Gasteiger charge is 2.45. The molecule has 0 saturated heterocycles. The molecule has 0 aliphatic rings. The molecule has 0 fully saturated rings. The second-order valence-corrected chi connectivity index (χ2v) is 6.93. The minimum absolute atomic E-state index is 0.0712. The fourth-order valence-corrected chi connectivity index (χ4v) is 3.31. The molecule has 0 aliphatic heterocycles. The van der Waals surface area contributed by atoms with E-state index in [1.54, 1.807) is 0 Å². The van der Waals surface area contributed by atoms with E-state index in [0.29, 0.717) is 0 Å². The van der Waals surface area contributed by atoms with Gasteiger partial charge in [0.05, 0.1) is 36.6 Å². The van der Waals surface area contributed by atoms with E-state index in [-0.39, 0.29) is 34.9 Å². The van der Waals surface area contributed by atoms with Crippen molar-refractivity contribution in [3.63, 3.8) is 0 Å². The molecule has 182 valence electrons. The van der Waals surface area contributed by atoms with Gasteiger partial charge in [0, 0.05) is 23.4 Å². The SMILES string of the molecule is COc1ccnc(-c2ccc(OC)cc2-c2c(C(F)(F)F)cc(C(F)(F)F)cc2C(F)(F)F)c1. The van der Waals surface area contributed by atoms with E-state index in [9.17, 15) is 39.5 Å². The molecule has 0 amide bonds. The number of rotatable bonds is 4. The van der Waals surface area contributed by atoms with Crippen LogP contribution in [0.4, 0.5) is 39.5 Å². The maximum Gasteiger partial charge on any atom is 0.417 e. The summed E-state index contributed by atoms with van der Waals surface area (Å²) in [7, 11) is 2.41. The van der Waals surface area contributed by atoms with Crippen LogP contribution in [0.25, 0.3) is 22.4 Å². The standard InChI is InChI=1S/C22H14F9NO2/c1-33-12-3-4-14(18-10-13(34-2)5-6-32-18)15(9-12)19-16(21(26,27)28)7-11(20(23,24)25)8-17(19)22(29,30)31/h3-10H,1-2H3. The normalized spacial score (nSPS) is 12.6. The lowest BCUT2D eigenvalue weighted by atomic mass is 9.87. The van der Waals surface area contributed by atoms with Crippen molar-refractivity contribution in [3.8, 4) is 33.9 Å². The van der Waals surface area contributed by atoms with E-state index in [1.165, 1.54) is 31.5 Å². The molecule has 34 heavy (non-hydrogen) atoms. The summed E-state index contributed by atoms with van der Waals surface area (Å²) in [5.74, 6) is 0.0778. The Labute approximate surface area is 186 Å². The van der Waals surface area contributed by atoms with Crippen molar-refractivity contribution < 1.29 is 49.0 Å². The molecule has 0 bridgehead atoms. The van der Waals surface area contributed by atoms with Gasteiger partial charge in [0.15, 0.2) is 0 Å². The quantitative estimate of drug-likeness (QED) is 0.352. The van der Waals surface area contributed by atoms with Gasteiger partial charge in [-0.2, -0.15) is 39.5 Å². The van der Waals surface area contributed by atoms with Crippen LogP contribution in [0.1, 0.15) is 16.7 Å². The minimum atomic E-state index is -5.56. The largest absolute Gasteiger partial charge is 0.497 e. The first-order chi connectivity index (χ1) is 15.7. The third-order valence-electron chi connectivity index (χ3n) is 4.82. The van der Waals surface area contributed by atoms with Crippen molar-refractivity contribution in [3.05, 3.63) is 65.4 Å². The molecule has 3 aromatic rings. The molecule has 3 nitrogen and oxygen atoms in total. The fraction of sp³-hybridized carbons (Fsp3) is 0.227. The number of pyridine rings is 1. The molecule has 0 atom stereocenters. The van der Waals surface area contributed by atoms with Crippen LogP contribution in [0.15, 0.2) is 48.7 Å². The molecule has 0 saturated carbocycles.